The van der Waals surface area contributed by atoms with Crippen molar-refractivity contribution in [2.24, 2.45) is 0 Å². The van der Waals surface area contributed by atoms with Gasteiger partial charge < -0.3 is 13.2 Å². The molecule has 5 nitrogen and oxygen atoms in total. The normalized spacial score (nSPS) is 13.3. The van der Waals surface area contributed by atoms with E-state index in [1.807, 2.05) is 45.3 Å². The molecule has 0 aromatic heterocycles. The van der Waals surface area contributed by atoms with E-state index in [-0.39, 0.29) is 0 Å². The molecule has 134 valence electrons. The molecule has 0 radical (unpaired) electrons. The molecule has 8 heteroatoms. The van der Waals surface area contributed by atoms with Crippen LogP contribution in [0.15, 0.2) is 30.1 Å². The minimum atomic E-state index is -3.38. The van der Waals surface area contributed by atoms with E-state index >= 15 is 0 Å². The van der Waals surface area contributed by atoms with Crippen LogP contribution in [0, 0.1) is 0 Å². The molecule has 0 fully saturated rings. The molecule has 0 aliphatic heterocycles. The van der Waals surface area contributed by atoms with Crippen molar-refractivity contribution in [1.82, 2.24) is 0 Å². The molecule has 0 saturated heterocycles. The van der Waals surface area contributed by atoms with Crippen molar-refractivity contribution in [3.63, 3.8) is 0 Å². The van der Waals surface area contributed by atoms with Gasteiger partial charge in [-0.1, -0.05) is 18.2 Å². The van der Waals surface area contributed by atoms with E-state index in [1.54, 1.807) is 24.3 Å². The third-order valence-electron chi connectivity index (χ3n) is 2.41. The van der Waals surface area contributed by atoms with Gasteiger partial charge in [-0.2, -0.15) is 0 Å². The van der Waals surface area contributed by atoms with Gasteiger partial charge in [0.1, 0.15) is 5.75 Å². The van der Waals surface area contributed by atoms with Crippen LogP contribution in [0.5, 0.6) is 5.75 Å². The Bertz CT molecular complexity index is 639. The quantitative estimate of drug-likeness (QED) is 0.269. The summed E-state index contributed by atoms with van der Waals surface area (Å²) in [5.41, 5.74) is 0.645. The number of benzene rings is 1. The Hall–Kier alpha value is -0.986. The van der Waals surface area contributed by atoms with E-state index in [2.05, 4.69) is 0 Å². The molecule has 1 rings (SSSR count). The highest BCUT2D eigenvalue weighted by atomic mass is 31.2. The van der Waals surface area contributed by atoms with Crippen LogP contribution in [0.1, 0.15) is 12.5 Å². The Morgan fingerprint density at radius 3 is 1.96 bits per heavy atom. The summed E-state index contributed by atoms with van der Waals surface area (Å²) < 4.78 is 30.1. The standard InChI is InChI=1S/C16H27O5PSi2/c1-14(17)19-16-11-9-8-10-15(16)12-13-22(18,20-23(2,3)4)21-24(5,6)7/h8-13H,1-7H3/b13-12+. The zero-order chi connectivity index (χ0) is 18.6. The minimum Gasteiger partial charge on any atom is -0.426 e. The summed E-state index contributed by atoms with van der Waals surface area (Å²) in [6.07, 6.45) is 1.64. The summed E-state index contributed by atoms with van der Waals surface area (Å²) in [5, 5.41) is 0. The third kappa shape index (κ3) is 8.21. The smallest absolute Gasteiger partial charge is 0.334 e. The van der Waals surface area contributed by atoms with Crippen molar-refractivity contribution in [1.29, 1.82) is 0 Å². The van der Waals surface area contributed by atoms with E-state index in [1.165, 1.54) is 12.7 Å². The molecule has 0 spiro atoms. The molecule has 0 atom stereocenters. The highest BCUT2D eigenvalue weighted by Gasteiger charge is 2.34. The number of rotatable bonds is 7. The fourth-order valence-electron chi connectivity index (χ4n) is 1.88. The van der Waals surface area contributed by atoms with Crippen LogP contribution < -0.4 is 4.74 Å². The second-order valence-electron chi connectivity index (χ2n) is 7.39. The molecule has 0 amide bonds. The first-order chi connectivity index (χ1) is 10.8. The molecule has 0 aliphatic rings. The molecule has 0 heterocycles. The van der Waals surface area contributed by atoms with E-state index in [0.29, 0.717) is 11.3 Å². The van der Waals surface area contributed by atoms with Gasteiger partial charge in [0.2, 0.25) is 0 Å². The third-order valence-corrected chi connectivity index (χ3v) is 9.34. The van der Waals surface area contributed by atoms with Crippen LogP contribution in [0.4, 0.5) is 0 Å². The summed E-state index contributed by atoms with van der Waals surface area (Å²) in [5.74, 6) is 1.48. The molecular formula is C16H27O5PSi2. The first-order valence-corrected chi connectivity index (χ1v) is 16.2. The second-order valence-corrected chi connectivity index (χ2v) is 18.7. The summed E-state index contributed by atoms with van der Waals surface area (Å²) in [7, 11) is -7.53. The Morgan fingerprint density at radius 1 is 1.00 bits per heavy atom. The molecule has 0 N–H and O–H groups in total. The monoisotopic (exact) mass is 386 g/mol. The Labute approximate surface area is 146 Å². The first kappa shape index (κ1) is 21.1. The number of carbonyl (C=O) groups is 1. The second kappa shape index (κ2) is 7.93. The minimum absolute atomic E-state index is 0.407. The predicted molar refractivity (Wildman–Crippen MR) is 103 cm³/mol. The number of carbonyl (C=O) groups excluding carboxylic acids is 1. The van der Waals surface area contributed by atoms with Crippen molar-refractivity contribution in [3.05, 3.63) is 35.6 Å². The Morgan fingerprint density at radius 2 is 1.50 bits per heavy atom. The number of hydrogen-bond donors (Lipinski definition) is 0. The average Bonchev–Trinajstić information content (AvgIpc) is 2.32. The average molecular weight is 387 g/mol. The SMILES string of the molecule is CC(=O)Oc1ccccc1/C=C/P(=O)(O[Si](C)(C)C)O[Si](C)(C)C. The highest BCUT2D eigenvalue weighted by molar-refractivity contribution is 7.60. The molecule has 1 aromatic carbocycles. The summed E-state index contributed by atoms with van der Waals surface area (Å²) >= 11 is 0. The van der Waals surface area contributed by atoms with Crippen LogP contribution in [0.2, 0.25) is 39.3 Å². The van der Waals surface area contributed by atoms with E-state index in [0.717, 1.165) is 0 Å². The molecule has 0 unspecified atom stereocenters. The summed E-state index contributed by atoms with van der Waals surface area (Å²) in [4.78, 5) is 11.2. The Kier molecular flexibility index (Phi) is 6.96. The van der Waals surface area contributed by atoms with Gasteiger partial charge in [0.15, 0.2) is 16.6 Å². The van der Waals surface area contributed by atoms with Crippen molar-refractivity contribution >= 4 is 36.3 Å². The lowest BCUT2D eigenvalue weighted by atomic mass is 10.2. The molecule has 1 aromatic rings. The molecule has 0 aliphatic carbocycles. The van der Waals surface area contributed by atoms with Gasteiger partial charge in [0, 0.05) is 18.3 Å². The molecule has 0 bridgehead atoms. The summed E-state index contributed by atoms with van der Waals surface area (Å²) in [6.45, 7) is 13.1. The van der Waals surface area contributed by atoms with Gasteiger partial charge in [-0.15, -0.1) is 0 Å². The fourth-order valence-corrected chi connectivity index (χ4v) is 9.30. The van der Waals surface area contributed by atoms with Crippen LogP contribution in [0.25, 0.3) is 6.08 Å². The molecular weight excluding hydrogens is 359 g/mol. The van der Waals surface area contributed by atoms with E-state index in [9.17, 15) is 9.36 Å². The maximum absolute atomic E-state index is 13.2. The maximum Gasteiger partial charge on any atom is 0.334 e. The molecule has 0 saturated carbocycles. The van der Waals surface area contributed by atoms with Crippen LogP contribution in [-0.4, -0.2) is 22.6 Å². The van der Waals surface area contributed by atoms with Crippen LogP contribution >= 0.6 is 7.60 Å². The summed E-state index contributed by atoms with van der Waals surface area (Å²) in [6, 6.07) is 7.05. The van der Waals surface area contributed by atoms with Crippen LogP contribution in [0.3, 0.4) is 0 Å². The lowest BCUT2D eigenvalue weighted by Gasteiger charge is -2.29. The zero-order valence-corrected chi connectivity index (χ0v) is 18.3. The highest BCUT2D eigenvalue weighted by Crippen LogP contribution is 2.54. The van der Waals surface area contributed by atoms with Gasteiger partial charge in [0.05, 0.1) is 0 Å². The van der Waals surface area contributed by atoms with Crippen LogP contribution in [-0.2, 0) is 17.8 Å². The number of hydrogen-bond acceptors (Lipinski definition) is 5. The lowest BCUT2D eigenvalue weighted by molar-refractivity contribution is -0.131. The van der Waals surface area contributed by atoms with Gasteiger partial charge in [0.25, 0.3) is 0 Å². The van der Waals surface area contributed by atoms with E-state index < -0.39 is 30.2 Å². The fraction of sp³-hybridized carbons (Fsp3) is 0.438. The predicted octanol–water partition coefficient (Wildman–Crippen LogP) is 5.48. The number of ether oxygens (including phenoxy) is 1. The lowest BCUT2D eigenvalue weighted by Crippen LogP contribution is -2.29. The maximum atomic E-state index is 13.2. The van der Waals surface area contributed by atoms with Gasteiger partial charge in [-0.25, -0.2) is 0 Å². The van der Waals surface area contributed by atoms with Crippen molar-refractivity contribution in [2.45, 2.75) is 46.2 Å². The topological polar surface area (TPSA) is 61.8 Å². The number of esters is 1. The zero-order valence-electron chi connectivity index (χ0n) is 15.5. The van der Waals surface area contributed by atoms with Crippen molar-refractivity contribution in [2.75, 3.05) is 0 Å². The van der Waals surface area contributed by atoms with Gasteiger partial charge in [-0.3, -0.25) is 9.36 Å². The first-order valence-electron chi connectivity index (χ1n) is 7.78. The van der Waals surface area contributed by atoms with Crippen molar-refractivity contribution in [3.8, 4) is 5.75 Å². The van der Waals surface area contributed by atoms with Gasteiger partial charge in [-0.05, 0) is 51.4 Å². The largest absolute Gasteiger partial charge is 0.426 e. The van der Waals surface area contributed by atoms with E-state index in [4.69, 9.17) is 13.2 Å². The van der Waals surface area contributed by atoms with Gasteiger partial charge >= 0.3 is 13.6 Å². The molecule has 24 heavy (non-hydrogen) atoms. The Balaban J connectivity index is 3.17. The van der Waals surface area contributed by atoms with Crippen molar-refractivity contribution < 1.29 is 22.5 Å². The number of para-hydroxylation sites is 1.